The monoisotopic (exact) mass is 256 g/mol. The first-order valence-electron chi connectivity index (χ1n) is 6.82. The lowest BCUT2D eigenvalue weighted by Crippen LogP contribution is -2.60. The van der Waals surface area contributed by atoms with Crippen LogP contribution in [0.4, 0.5) is 0 Å². The van der Waals surface area contributed by atoms with Gasteiger partial charge in [-0.3, -0.25) is 9.69 Å². The molecule has 104 valence electrons. The number of ether oxygens (including phenoxy) is 2. The molecule has 18 heavy (non-hydrogen) atoms. The molecule has 0 spiro atoms. The van der Waals surface area contributed by atoms with Crippen LogP contribution in [0.15, 0.2) is 0 Å². The second kappa shape index (κ2) is 5.99. The molecule has 0 saturated carbocycles. The second-order valence-corrected chi connectivity index (χ2v) is 5.55. The van der Waals surface area contributed by atoms with Crippen molar-refractivity contribution in [1.82, 2.24) is 10.2 Å². The Morgan fingerprint density at radius 1 is 1.22 bits per heavy atom. The molecule has 2 aliphatic rings. The molecule has 5 nitrogen and oxygen atoms in total. The summed E-state index contributed by atoms with van der Waals surface area (Å²) in [5, 5.41) is 3.11. The van der Waals surface area contributed by atoms with Crippen LogP contribution in [0.3, 0.4) is 0 Å². The number of rotatable bonds is 3. The Hall–Kier alpha value is -0.650. The Morgan fingerprint density at radius 2 is 1.94 bits per heavy atom. The third-order valence-corrected chi connectivity index (χ3v) is 3.85. The number of nitrogens with one attached hydrogen (secondary N) is 1. The second-order valence-electron chi connectivity index (χ2n) is 5.55. The van der Waals surface area contributed by atoms with Crippen LogP contribution >= 0.6 is 0 Å². The smallest absolute Gasteiger partial charge is 0.240 e. The van der Waals surface area contributed by atoms with Crippen molar-refractivity contribution in [3.05, 3.63) is 0 Å². The lowest BCUT2D eigenvalue weighted by molar-refractivity contribution is -0.136. The molecule has 0 aromatic heterocycles. The van der Waals surface area contributed by atoms with Gasteiger partial charge in [-0.15, -0.1) is 0 Å². The average molecular weight is 256 g/mol. The fourth-order valence-electron chi connectivity index (χ4n) is 2.48. The van der Waals surface area contributed by atoms with E-state index in [0.717, 1.165) is 32.5 Å². The van der Waals surface area contributed by atoms with Crippen molar-refractivity contribution in [2.45, 2.75) is 38.3 Å². The maximum Gasteiger partial charge on any atom is 0.240 e. The Morgan fingerprint density at radius 3 is 2.56 bits per heavy atom. The largest absolute Gasteiger partial charge is 0.379 e. The zero-order chi connectivity index (χ0) is 13.0. The maximum absolute atomic E-state index is 12.4. The average Bonchev–Trinajstić information content (AvgIpc) is 2.41. The first kappa shape index (κ1) is 13.8. The minimum absolute atomic E-state index is 0.0971. The predicted octanol–water partition coefficient (Wildman–Crippen LogP) is 0.392. The van der Waals surface area contributed by atoms with Crippen molar-refractivity contribution in [3.8, 4) is 0 Å². The summed E-state index contributed by atoms with van der Waals surface area (Å²) >= 11 is 0. The molecule has 0 aromatic carbocycles. The van der Waals surface area contributed by atoms with Gasteiger partial charge < -0.3 is 14.8 Å². The number of hydrogen-bond donors (Lipinski definition) is 1. The van der Waals surface area contributed by atoms with Crippen molar-refractivity contribution in [2.75, 3.05) is 39.5 Å². The van der Waals surface area contributed by atoms with Crippen LogP contribution in [0.5, 0.6) is 0 Å². The maximum atomic E-state index is 12.4. The number of morpholine rings is 1. The molecule has 5 heteroatoms. The number of carbonyl (C=O) groups excluding carboxylic acids is 1. The summed E-state index contributed by atoms with van der Waals surface area (Å²) in [4.78, 5) is 14.6. The molecule has 1 atom stereocenters. The third kappa shape index (κ3) is 3.22. The van der Waals surface area contributed by atoms with Crippen molar-refractivity contribution < 1.29 is 14.3 Å². The Labute approximate surface area is 109 Å². The molecular formula is C13H24N2O3. The predicted molar refractivity (Wildman–Crippen MR) is 68.5 cm³/mol. The normalized spacial score (nSPS) is 26.9. The molecule has 0 bridgehead atoms. The van der Waals surface area contributed by atoms with E-state index in [0.29, 0.717) is 19.8 Å². The van der Waals surface area contributed by atoms with E-state index in [1.54, 1.807) is 0 Å². The SMILES string of the molecule is CC(C)(C(=O)NC1CCCOC1)N1CCOCC1. The lowest BCUT2D eigenvalue weighted by Gasteiger charge is -2.40. The van der Waals surface area contributed by atoms with Crippen LogP contribution in [0, 0.1) is 0 Å². The number of nitrogens with zero attached hydrogens (tertiary/aromatic N) is 1. The fourth-order valence-corrected chi connectivity index (χ4v) is 2.48. The van der Waals surface area contributed by atoms with Crippen LogP contribution in [0.25, 0.3) is 0 Å². The number of hydrogen-bond acceptors (Lipinski definition) is 4. The standard InChI is InChI=1S/C13H24N2O3/c1-13(2,15-5-8-17-9-6-15)12(16)14-11-4-3-7-18-10-11/h11H,3-10H2,1-2H3,(H,14,16). The van der Waals surface area contributed by atoms with E-state index < -0.39 is 5.54 Å². The molecule has 2 fully saturated rings. The highest BCUT2D eigenvalue weighted by Gasteiger charge is 2.36. The topological polar surface area (TPSA) is 50.8 Å². The van der Waals surface area contributed by atoms with Gasteiger partial charge in [-0.05, 0) is 26.7 Å². The van der Waals surface area contributed by atoms with Crippen LogP contribution in [-0.4, -0.2) is 61.9 Å². The minimum atomic E-state index is -0.471. The van der Waals surface area contributed by atoms with Crippen molar-refractivity contribution >= 4 is 5.91 Å². The van der Waals surface area contributed by atoms with E-state index in [1.807, 2.05) is 13.8 Å². The fraction of sp³-hybridized carbons (Fsp3) is 0.923. The van der Waals surface area contributed by atoms with Crippen molar-refractivity contribution in [3.63, 3.8) is 0 Å². The van der Waals surface area contributed by atoms with Crippen LogP contribution < -0.4 is 5.32 Å². The first-order valence-corrected chi connectivity index (χ1v) is 6.82. The molecule has 2 rings (SSSR count). The Kier molecular flexibility index (Phi) is 4.59. The zero-order valence-corrected chi connectivity index (χ0v) is 11.4. The highest BCUT2D eigenvalue weighted by Crippen LogP contribution is 2.17. The summed E-state index contributed by atoms with van der Waals surface area (Å²) in [7, 11) is 0. The van der Waals surface area contributed by atoms with Crippen LogP contribution in [-0.2, 0) is 14.3 Å². The van der Waals surface area contributed by atoms with E-state index in [-0.39, 0.29) is 11.9 Å². The summed E-state index contributed by atoms with van der Waals surface area (Å²) in [6.45, 7) is 8.49. The minimum Gasteiger partial charge on any atom is -0.379 e. The van der Waals surface area contributed by atoms with Crippen LogP contribution in [0.1, 0.15) is 26.7 Å². The highest BCUT2D eigenvalue weighted by atomic mass is 16.5. The number of amides is 1. The van der Waals surface area contributed by atoms with Gasteiger partial charge in [0.05, 0.1) is 31.4 Å². The molecule has 0 aliphatic carbocycles. The van der Waals surface area contributed by atoms with Gasteiger partial charge in [0.2, 0.25) is 5.91 Å². The van der Waals surface area contributed by atoms with Gasteiger partial charge in [0.25, 0.3) is 0 Å². The van der Waals surface area contributed by atoms with Gasteiger partial charge >= 0.3 is 0 Å². The summed E-state index contributed by atoms with van der Waals surface area (Å²) in [6, 6.07) is 0.173. The first-order chi connectivity index (χ1) is 8.60. The molecular weight excluding hydrogens is 232 g/mol. The number of carbonyl (C=O) groups is 1. The zero-order valence-electron chi connectivity index (χ0n) is 11.4. The van der Waals surface area contributed by atoms with Crippen LogP contribution in [0.2, 0.25) is 0 Å². The quantitative estimate of drug-likeness (QED) is 0.794. The third-order valence-electron chi connectivity index (χ3n) is 3.85. The summed E-state index contributed by atoms with van der Waals surface area (Å²) in [5.74, 6) is 0.0971. The molecule has 0 radical (unpaired) electrons. The van der Waals surface area contributed by atoms with Crippen molar-refractivity contribution in [1.29, 1.82) is 0 Å². The molecule has 1 N–H and O–H groups in total. The van der Waals surface area contributed by atoms with E-state index in [2.05, 4.69) is 10.2 Å². The van der Waals surface area contributed by atoms with Gasteiger partial charge in [-0.2, -0.15) is 0 Å². The van der Waals surface area contributed by atoms with E-state index in [1.165, 1.54) is 0 Å². The molecule has 0 aromatic rings. The summed E-state index contributed by atoms with van der Waals surface area (Å²) in [6.07, 6.45) is 2.05. The van der Waals surface area contributed by atoms with Gasteiger partial charge in [0.15, 0.2) is 0 Å². The van der Waals surface area contributed by atoms with Gasteiger partial charge in [0.1, 0.15) is 0 Å². The molecule has 2 heterocycles. The van der Waals surface area contributed by atoms with E-state index >= 15 is 0 Å². The lowest BCUT2D eigenvalue weighted by atomic mass is 9.99. The van der Waals surface area contributed by atoms with Gasteiger partial charge in [-0.25, -0.2) is 0 Å². The summed E-state index contributed by atoms with van der Waals surface area (Å²) < 4.78 is 10.7. The van der Waals surface area contributed by atoms with E-state index in [4.69, 9.17) is 9.47 Å². The van der Waals surface area contributed by atoms with E-state index in [9.17, 15) is 4.79 Å². The van der Waals surface area contributed by atoms with Gasteiger partial charge in [-0.1, -0.05) is 0 Å². The Balaban J connectivity index is 1.88. The van der Waals surface area contributed by atoms with Gasteiger partial charge in [0, 0.05) is 19.7 Å². The Bertz CT molecular complexity index is 282. The summed E-state index contributed by atoms with van der Waals surface area (Å²) in [5.41, 5.74) is -0.471. The van der Waals surface area contributed by atoms with Crippen molar-refractivity contribution in [2.24, 2.45) is 0 Å². The molecule has 2 aliphatic heterocycles. The molecule has 2 saturated heterocycles. The molecule has 1 unspecified atom stereocenters. The highest BCUT2D eigenvalue weighted by molar-refractivity contribution is 5.85. The molecule has 1 amide bonds.